The van der Waals surface area contributed by atoms with Crippen LogP contribution in [0.2, 0.25) is 0 Å². The number of rotatable bonds is 3. The molecule has 0 saturated heterocycles. The van der Waals surface area contributed by atoms with Crippen molar-refractivity contribution in [1.82, 2.24) is 10.2 Å². The zero-order valence-electron chi connectivity index (χ0n) is 9.18. The van der Waals surface area contributed by atoms with Crippen LogP contribution in [0.15, 0.2) is 0 Å². The molecule has 2 amide bonds. The summed E-state index contributed by atoms with van der Waals surface area (Å²) in [5.74, 6) is 0.980. The number of hydrogen-bond donors (Lipinski definition) is 1. The minimum absolute atomic E-state index is 0.00144. The first-order chi connectivity index (χ1) is 5.87. The second-order valence-electron chi connectivity index (χ2n) is 4.09. The van der Waals surface area contributed by atoms with E-state index in [0.717, 1.165) is 12.3 Å². The maximum Gasteiger partial charge on any atom is 0.317 e. The van der Waals surface area contributed by atoms with Gasteiger partial charge in [0.1, 0.15) is 0 Å². The summed E-state index contributed by atoms with van der Waals surface area (Å²) in [5, 5.41) is 2.91. The van der Waals surface area contributed by atoms with E-state index in [4.69, 9.17) is 0 Å². The number of nitrogens with zero attached hydrogens (tertiary/aromatic N) is 1. The van der Waals surface area contributed by atoms with Crippen molar-refractivity contribution in [3.05, 3.63) is 0 Å². The Labute approximate surface area is 85.3 Å². The summed E-state index contributed by atoms with van der Waals surface area (Å²) in [5.41, 5.74) is -0.148. The van der Waals surface area contributed by atoms with E-state index in [9.17, 15) is 4.79 Å². The second kappa shape index (κ2) is 5.37. The van der Waals surface area contributed by atoms with Gasteiger partial charge in [-0.3, -0.25) is 0 Å². The Kier molecular flexibility index (Phi) is 5.21. The Bertz CT molecular complexity index is 165. The highest BCUT2D eigenvalue weighted by atomic mass is 32.2. The minimum Gasteiger partial charge on any atom is -0.333 e. The van der Waals surface area contributed by atoms with Crippen LogP contribution in [0.1, 0.15) is 20.8 Å². The smallest absolute Gasteiger partial charge is 0.317 e. The molecule has 78 valence electrons. The van der Waals surface area contributed by atoms with Crippen LogP contribution in [0, 0.1) is 0 Å². The molecule has 0 fully saturated rings. The first kappa shape index (κ1) is 12.6. The molecule has 0 saturated carbocycles. The third kappa shape index (κ3) is 6.75. The zero-order valence-corrected chi connectivity index (χ0v) is 9.99. The van der Waals surface area contributed by atoms with Gasteiger partial charge in [0.2, 0.25) is 0 Å². The quantitative estimate of drug-likeness (QED) is 0.760. The SMILES string of the molecule is CSCCN(C)C(=O)NC(C)(C)C. The molecule has 4 heteroatoms. The summed E-state index contributed by atoms with van der Waals surface area (Å²) in [6.45, 7) is 6.73. The summed E-state index contributed by atoms with van der Waals surface area (Å²) in [4.78, 5) is 13.2. The Morgan fingerprint density at radius 2 is 2.00 bits per heavy atom. The zero-order chi connectivity index (χ0) is 10.5. The molecule has 0 bridgehead atoms. The third-order valence-corrected chi connectivity index (χ3v) is 2.05. The molecule has 0 spiro atoms. The first-order valence-corrected chi connectivity index (χ1v) is 5.78. The van der Waals surface area contributed by atoms with Crippen LogP contribution in [0.5, 0.6) is 0 Å². The van der Waals surface area contributed by atoms with Gasteiger partial charge in [0.25, 0.3) is 0 Å². The van der Waals surface area contributed by atoms with E-state index in [1.54, 1.807) is 16.7 Å². The molecule has 0 radical (unpaired) electrons. The van der Waals surface area contributed by atoms with Crippen molar-refractivity contribution < 1.29 is 4.79 Å². The molecule has 0 aromatic rings. The lowest BCUT2D eigenvalue weighted by Gasteiger charge is -2.25. The standard InChI is InChI=1S/C9H20N2OS/c1-9(2,3)10-8(12)11(4)6-7-13-5/h6-7H2,1-5H3,(H,10,12). The third-order valence-electron chi connectivity index (χ3n) is 1.46. The van der Waals surface area contributed by atoms with Crippen LogP contribution in [-0.2, 0) is 0 Å². The number of nitrogens with one attached hydrogen (secondary N) is 1. The number of urea groups is 1. The van der Waals surface area contributed by atoms with Crippen molar-refractivity contribution in [2.75, 3.05) is 25.6 Å². The van der Waals surface area contributed by atoms with Crippen molar-refractivity contribution >= 4 is 17.8 Å². The highest BCUT2D eigenvalue weighted by Crippen LogP contribution is 2.00. The molecule has 0 aliphatic heterocycles. The average Bonchev–Trinajstić information content (AvgIpc) is 1.96. The Hall–Kier alpha value is -0.380. The fraction of sp³-hybridized carbons (Fsp3) is 0.889. The van der Waals surface area contributed by atoms with E-state index in [-0.39, 0.29) is 11.6 Å². The molecule has 0 aliphatic rings. The van der Waals surface area contributed by atoms with E-state index >= 15 is 0 Å². The number of amides is 2. The maximum absolute atomic E-state index is 11.5. The summed E-state index contributed by atoms with van der Waals surface area (Å²) in [6, 6.07) is 0.00144. The van der Waals surface area contributed by atoms with Crippen LogP contribution in [-0.4, -0.2) is 42.1 Å². The van der Waals surface area contributed by atoms with Gasteiger partial charge in [-0.2, -0.15) is 11.8 Å². The van der Waals surface area contributed by atoms with Crippen molar-refractivity contribution in [2.45, 2.75) is 26.3 Å². The van der Waals surface area contributed by atoms with Crippen LogP contribution in [0.25, 0.3) is 0 Å². The molecule has 0 aromatic carbocycles. The van der Waals surface area contributed by atoms with Gasteiger partial charge in [0, 0.05) is 24.9 Å². The molecule has 3 nitrogen and oxygen atoms in total. The van der Waals surface area contributed by atoms with Crippen molar-refractivity contribution in [1.29, 1.82) is 0 Å². The molecule has 0 rings (SSSR count). The molecule has 0 aliphatic carbocycles. The summed E-state index contributed by atoms with van der Waals surface area (Å²) < 4.78 is 0. The predicted molar refractivity (Wildman–Crippen MR) is 59.3 cm³/mol. The molecule has 0 heterocycles. The lowest BCUT2D eigenvalue weighted by atomic mass is 10.1. The van der Waals surface area contributed by atoms with Gasteiger partial charge in [0.05, 0.1) is 0 Å². The van der Waals surface area contributed by atoms with Gasteiger partial charge in [-0.05, 0) is 27.0 Å². The highest BCUT2D eigenvalue weighted by Gasteiger charge is 2.16. The van der Waals surface area contributed by atoms with E-state index in [1.807, 2.05) is 34.1 Å². The lowest BCUT2D eigenvalue weighted by molar-refractivity contribution is 0.202. The fourth-order valence-electron chi connectivity index (χ4n) is 0.746. The molecule has 0 aromatic heterocycles. The summed E-state index contributed by atoms with van der Waals surface area (Å²) in [6.07, 6.45) is 2.04. The predicted octanol–water partition coefficient (Wildman–Crippen LogP) is 1.79. The fourth-order valence-corrected chi connectivity index (χ4v) is 1.20. The molecule has 0 unspecified atom stereocenters. The number of thioether (sulfide) groups is 1. The van der Waals surface area contributed by atoms with Crippen molar-refractivity contribution in [3.63, 3.8) is 0 Å². The van der Waals surface area contributed by atoms with Gasteiger partial charge >= 0.3 is 6.03 Å². The van der Waals surface area contributed by atoms with Gasteiger partial charge in [-0.15, -0.1) is 0 Å². The molecular weight excluding hydrogens is 184 g/mol. The van der Waals surface area contributed by atoms with Gasteiger partial charge in [0.15, 0.2) is 0 Å². The molecule has 13 heavy (non-hydrogen) atoms. The van der Waals surface area contributed by atoms with E-state index in [1.165, 1.54) is 0 Å². The lowest BCUT2D eigenvalue weighted by Crippen LogP contribution is -2.47. The molecular formula is C9H20N2OS. The van der Waals surface area contributed by atoms with Crippen LogP contribution < -0.4 is 5.32 Å². The van der Waals surface area contributed by atoms with Crippen LogP contribution in [0.4, 0.5) is 4.79 Å². The Morgan fingerprint density at radius 3 is 2.38 bits per heavy atom. The monoisotopic (exact) mass is 204 g/mol. The van der Waals surface area contributed by atoms with Gasteiger partial charge < -0.3 is 10.2 Å². The Morgan fingerprint density at radius 1 is 1.46 bits per heavy atom. The normalized spacial score (nSPS) is 11.2. The number of carbonyl (C=O) groups is 1. The second-order valence-corrected chi connectivity index (χ2v) is 5.08. The molecule has 0 atom stereocenters. The summed E-state index contributed by atoms with van der Waals surface area (Å²) in [7, 11) is 1.82. The topological polar surface area (TPSA) is 32.3 Å². The highest BCUT2D eigenvalue weighted by molar-refractivity contribution is 7.98. The van der Waals surface area contributed by atoms with Crippen LogP contribution >= 0.6 is 11.8 Å². The van der Waals surface area contributed by atoms with Gasteiger partial charge in [-0.25, -0.2) is 4.79 Å². The largest absolute Gasteiger partial charge is 0.333 e. The number of carbonyl (C=O) groups excluding carboxylic acids is 1. The van der Waals surface area contributed by atoms with Crippen LogP contribution in [0.3, 0.4) is 0 Å². The summed E-state index contributed by atoms with van der Waals surface area (Å²) >= 11 is 1.74. The maximum atomic E-state index is 11.5. The first-order valence-electron chi connectivity index (χ1n) is 4.39. The minimum atomic E-state index is -0.148. The van der Waals surface area contributed by atoms with E-state index < -0.39 is 0 Å². The van der Waals surface area contributed by atoms with E-state index in [0.29, 0.717) is 0 Å². The van der Waals surface area contributed by atoms with Gasteiger partial charge in [-0.1, -0.05) is 0 Å². The average molecular weight is 204 g/mol. The number of hydrogen-bond acceptors (Lipinski definition) is 2. The molecule has 1 N–H and O–H groups in total. The Balaban J connectivity index is 3.83. The van der Waals surface area contributed by atoms with E-state index in [2.05, 4.69) is 5.32 Å². The van der Waals surface area contributed by atoms with Crippen molar-refractivity contribution in [3.8, 4) is 0 Å². The van der Waals surface area contributed by atoms with Crippen molar-refractivity contribution in [2.24, 2.45) is 0 Å².